The van der Waals surface area contributed by atoms with Gasteiger partial charge in [-0.2, -0.15) is 0 Å². The third kappa shape index (κ3) is 4.33. The molecule has 0 spiro atoms. The fourth-order valence-electron chi connectivity index (χ4n) is 2.30. The Kier molecular flexibility index (Phi) is 4.85. The lowest BCUT2D eigenvalue weighted by atomic mass is 10.2. The number of sulfonamides is 1. The Morgan fingerprint density at radius 2 is 2.12 bits per heavy atom. The fourth-order valence-corrected chi connectivity index (χ4v) is 3.27. The van der Waals surface area contributed by atoms with Crippen LogP contribution in [0.2, 0.25) is 0 Å². The first-order valence-corrected chi connectivity index (χ1v) is 9.15. The lowest BCUT2D eigenvalue weighted by molar-refractivity contribution is -0.143. The van der Waals surface area contributed by atoms with Crippen molar-refractivity contribution >= 4 is 33.4 Å². The normalized spacial score (nSPS) is 17.7. The van der Waals surface area contributed by atoms with Crippen LogP contribution in [0.25, 0.3) is 0 Å². The fraction of sp³-hybridized carbons (Fsp3) is 0.188. The molecule has 2 aliphatic heterocycles. The molecular weight excluding hydrogens is 365 g/mol. The maximum absolute atomic E-state index is 13.1. The van der Waals surface area contributed by atoms with Crippen molar-refractivity contribution in [2.75, 3.05) is 24.2 Å². The summed E-state index contributed by atoms with van der Waals surface area (Å²) in [6.07, 6.45) is 4.17. The Balaban J connectivity index is 1.57. The van der Waals surface area contributed by atoms with E-state index in [9.17, 15) is 22.4 Å². The van der Waals surface area contributed by atoms with E-state index in [-0.39, 0.29) is 29.4 Å². The topological polar surface area (TPSA) is 105 Å². The van der Waals surface area contributed by atoms with E-state index in [4.69, 9.17) is 4.74 Å². The third-order valence-corrected chi connectivity index (χ3v) is 4.67. The molecule has 2 heterocycles. The molecular formula is C16H14FN3O5S. The Hall–Kier alpha value is -3.01. The number of rotatable bonds is 4. The molecule has 0 radical (unpaired) electrons. The number of nitrogens with one attached hydrogen (secondary N) is 1. The second kappa shape index (κ2) is 7.08. The van der Waals surface area contributed by atoms with Crippen LogP contribution in [0, 0.1) is 5.82 Å². The average Bonchev–Trinajstić information content (AvgIpc) is 2.58. The van der Waals surface area contributed by atoms with E-state index in [1.54, 1.807) is 0 Å². The number of halogens is 1. The monoisotopic (exact) mass is 379 g/mol. The largest absolute Gasteiger partial charge is 0.452 e. The molecule has 1 N–H and O–H groups in total. The van der Waals surface area contributed by atoms with Crippen LogP contribution < -0.4 is 5.32 Å². The van der Waals surface area contributed by atoms with Crippen LogP contribution in [0.15, 0.2) is 52.6 Å². The first-order valence-electron chi connectivity index (χ1n) is 7.54. The zero-order valence-electron chi connectivity index (χ0n) is 13.4. The van der Waals surface area contributed by atoms with Crippen LogP contribution in [-0.2, 0) is 24.3 Å². The summed E-state index contributed by atoms with van der Waals surface area (Å²) in [7, 11) is -3.48. The number of carbonyl (C=O) groups excluding carboxylic acids is 2. The summed E-state index contributed by atoms with van der Waals surface area (Å²) in [6, 6.07) is 5.31. The highest BCUT2D eigenvalue weighted by atomic mass is 32.2. The molecule has 0 bridgehead atoms. The van der Waals surface area contributed by atoms with Gasteiger partial charge in [0, 0.05) is 18.4 Å². The molecule has 2 aliphatic rings. The summed E-state index contributed by atoms with van der Waals surface area (Å²) in [5.41, 5.74) is 0.403. The number of carbonyl (C=O) groups is 2. The summed E-state index contributed by atoms with van der Waals surface area (Å²) in [4.78, 5) is 25.3. The molecule has 0 saturated carbocycles. The SMILES string of the molecule is O=C(COC(=O)C1=CN2CCS(=O)(=O)N=C2C=C1)Nc1cccc(F)c1. The number of hydrogen-bond acceptors (Lipinski definition) is 6. The molecule has 0 atom stereocenters. The van der Waals surface area contributed by atoms with Crippen LogP contribution in [-0.4, -0.2) is 49.9 Å². The minimum Gasteiger partial charge on any atom is -0.452 e. The van der Waals surface area contributed by atoms with Crippen LogP contribution in [0.4, 0.5) is 10.1 Å². The number of amides is 1. The third-order valence-electron chi connectivity index (χ3n) is 3.50. The van der Waals surface area contributed by atoms with Gasteiger partial charge in [-0.3, -0.25) is 4.79 Å². The summed E-state index contributed by atoms with van der Waals surface area (Å²) in [5, 5.41) is 2.41. The summed E-state index contributed by atoms with van der Waals surface area (Å²) in [5.74, 6) is -1.80. The molecule has 0 aliphatic carbocycles. The second-order valence-electron chi connectivity index (χ2n) is 5.48. The van der Waals surface area contributed by atoms with E-state index in [0.717, 1.165) is 6.07 Å². The first-order chi connectivity index (χ1) is 12.3. The van der Waals surface area contributed by atoms with E-state index in [0.29, 0.717) is 0 Å². The quantitative estimate of drug-likeness (QED) is 0.776. The maximum Gasteiger partial charge on any atom is 0.340 e. The van der Waals surface area contributed by atoms with Gasteiger partial charge in [-0.05, 0) is 30.4 Å². The van der Waals surface area contributed by atoms with Gasteiger partial charge in [-0.1, -0.05) is 6.07 Å². The second-order valence-corrected chi connectivity index (χ2v) is 7.24. The maximum atomic E-state index is 13.1. The van der Waals surface area contributed by atoms with Crippen molar-refractivity contribution in [3.8, 4) is 0 Å². The Labute approximate surface area is 148 Å². The number of ether oxygens (including phenoxy) is 1. The standard InChI is InChI=1S/C16H14FN3O5S/c17-12-2-1-3-13(8-12)18-15(21)10-25-16(22)11-4-5-14-19-26(23,24)7-6-20(14)9-11/h1-5,8-9H,6-7,10H2,(H,18,21). The van der Waals surface area contributed by atoms with Crippen LogP contribution in [0.5, 0.6) is 0 Å². The van der Waals surface area contributed by atoms with E-state index in [2.05, 4.69) is 9.71 Å². The molecule has 136 valence electrons. The van der Waals surface area contributed by atoms with Crippen LogP contribution >= 0.6 is 0 Å². The molecule has 8 nitrogen and oxygen atoms in total. The highest BCUT2D eigenvalue weighted by molar-refractivity contribution is 7.90. The van der Waals surface area contributed by atoms with Gasteiger partial charge >= 0.3 is 5.97 Å². The molecule has 10 heteroatoms. The van der Waals surface area contributed by atoms with E-state index in [1.165, 1.54) is 41.5 Å². The van der Waals surface area contributed by atoms with Crippen molar-refractivity contribution in [3.63, 3.8) is 0 Å². The Morgan fingerprint density at radius 3 is 2.88 bits per heavy atom. The molecule has 0 unspecified atom stereocenters. The minimum atomic E-state index is -3.48. The molecule has 1 aromatic carbocycles. The van der Waals surface area contributed by atoms with Crippen molar-refractivity contribution in [2.24, 2.45) is 4.40 Å². The number of amidine groups is 1. The number of nitrogens with zero attached hydrogens (tertiary/aromatic N) is 2. The predicted molar refractivity (Wildman–Crippen MR) is 91.1 cm³/mol. The molecule has 0 fully saturated rings. The smallest absolute Gasteiger partial charge is 0.340 e. The van der Waals surface area contributed by atoms with Crippen molar-refractivity contribution in [1.29, 1.82) is 0 Å². The summed E-state index contributed by atoms with van der Waals surface area (Å²) in [6.45, 7) is -0.377. The molecule has 0 aromatic heterocycles. The van der Waals surface area contributed by atoms with Gasteiger partial charge in [-0.15, -0.1) is 4.40 Å². The van der Waals surface area contributed by atoms with E-state index in [1.807, 2.05) is 0 Å². The zero-order chi connectivity index (χ0) is 18.7. The highest BCUT2D eigenvalue weighted by Crippen LogP contribution is 2.16. The average molecular weight is 379 g/mol. The number of anilines is 1. The Bertz CT molecular complexity index is 952. The molecule has 3 rings (SSSR count). The van der Waals surface area contributed by atoms with Crippen LogP contribution in [0.1, 0.15) is 0 Å². The number of fused-ring (bicyclic) bond motifs is 1. The molecule has 1 amide bonds. The van der Waals surface area contributed by atoms with Crippen molar-refractivity contribution in [3.05, 3.63) is 54.0 Å². The molecule has 1 aromatic rings. The van der Waals surface area contributed by atoms with Gasteiger partial charge in [0.05, 0.1) is 11.3 Å². The molecule has 26 heavy (non-hydrogen) atoms. The van der Waals surface area contributed by atoms with Gasteiger partial charge in [0.15, 0.2) is 6.61 Å². The van der Waals surface area contributed by atoms with Gasteiger partial charge in [0.2, 0.25) is 0 Å². The van der Waals surface area contributed by atoms with Gasteiger partial charge in [0.1, 0.15) is 11.7 Å². The van der Waals surface area contributed by atoms with Crippen LogP contribution in [0.3, 0.4) is 0 Å². The van der Waals surface area contributed by atoms with Crippen molar-refractivity contribution < 1.29 is 27.1 Å². The van der Waals surface area contributed by atoms with E-state index < -0.39 is 34.3 Å². The molecule has 0 saturated heterocycles. The first kappa shape index (κ1) is 17.8. The Morgan fingerprint density at radius 1 is 1.31 bits per heavy atom. The van der Waals surface area contributed by atoms with E-state index >= 15 is 0 Å². The lowest BCUT2D eigenvalue weighted by Gasteiger charge is -2.26. The van der Waals surface area contributed by atoms with Gasteiger partial charge in [0.25, 0.3) is 15.9 Å². The predicted octanol–water partition coefficient (Wildman–Crippen LogP) is 0.805. The number of benzene rings is 1. The number of esters is 1. The summed E-state index contributed by atoms with van der Waals surface area (Å²) >= 11 is 0. The minimum absolute atomic E-state index is 0.154. The lowest BCUT2D eigenvalue weighted by Crippen LogP contribution is -2.37. The van der Waals surface area contributed by atoms with Gasteiger partial charge < -0.3 is 15.0 Å². The highest BCUT2D eigenvalue weighted by Gasteiger charge is 2.25. The zero-order valence-corrected chi connectivity index (χ0v) is 14.2. The van der Waals surface area contributed by atoms with Gasteiger partial charge in [-0.25, -0.2) is 17.6 Å². The summed E-state index contributed by atoms with van der Waals surface area (Å²) < 4.78 is 44.4. The number of hydrogen-bond donors (Lipinski definition) is 1. The van der Waals surface area contributed by atoms with Crippen molar-refractivity contribution in [2.45, 2.75) is 0 Å². The van der Waals surface area contributed by atoms with Crippen molar-refractivity contribution in [1.82, 2.24) is 4.90 Å².